The summed E-state index contributed by atoms with van der Waals surface area (Å²) in [5, 5.41) is 12.1. The Labute approximate surface area is 161 Å². The van der Waals surface area contributed by atoms with Gasteiger partial charge in [-0.1, -0.05) is 30.3 Å². The highest BCUT2D eigenvalue weighted by molar-refractivity contribution is 5.93. The Balaban J connectivity index is 1.65. The minimum absolute atomic E-state index is 0.0436. The quantitative estimate of drug-likeness (QED) is 0.656. The molecule has 0 aliphatic rings. The Morgan fingerprint density at radius 3 is 2.54 bits per heavy atom. The number of likely N-dealkylation sites (N-methyl/N-ethyl adjacent to an activating group) is 1. The van der Waals surface area contributed by atoms with E-state index in [0.717, 1.165) is 11.3 Å². The number of hydrogen-bond donors (Lipinski definition) is 1. The van der Waals surface area contributed by atoms with Crippen molar-refractivity contribution < 1.29 is 14.3 Å². The molecule has 0 bridgehead atoms. The van der Waals surface area contributed by atoms with Crippen LogP contribution in [0.15, 0.2) is 48.5 Å². The Hall–Kier alpha value is -3.75. The van der Waals surface area contributed by atoms with E-state index in [9.17, 15) is 9.59 Å². The van der Waals surface area contributed by atoms with Crippen molar-refractivity contribution in [2.75, 3.05) is 14.2 Å². The van der Waals surface area contributed by atoms with E-state index in [1.54, 1.807) is 43.3 Å². The molecule has 0 unspecified atom stereocenters. The SMILES string of the molecule is COc1ccccc1CN(C)C(=O)Cn1nnc(-c2ccc(C(N)=O)cc2)n1. The highest BCUT2D eigenvalue weighted by Crippen LogP contribution is 2.19. The van der Waals surface area contributed by atoms with Gasteiger partial charge in [-0.3, -0.25) is 9.59 Å². The molecule has 0 aliphatic heterocycles. The topological polar surface area (TPSA) is 116 Å². The zero-order valence-electron chi connectivity index (χ0n) is 15.6. The van der Waals surface area contributed by atoms with E-state index in [-0.39, 0.29) is 12.5 Å². The molecule has 9 nitrogen and oxygen atoms in total. The lowest BCUT2D eigenvalue weighted by Gasteiger charge is -2.18. The molecule has 28 heavy (non-hydrogen) atoms. The van der Waals surface area contributed by atoms with E-state index in [1.807, 2.05) is 24.3 Å². The average Bonchev–Trinajstić information content (AvgIpc) is 3.16. The molecule has 9 heteroatoms. The number of benzene rings is 2. The lowest BCUT2D eigenvalue weighted by atomic mass is 10.1. The van der Waals surface area contributed by atoms with E-state index in [4.69, 9.17) is 10.5 Å². The maximum absolute atomic E-state index is 12.5. The fourth-order valence-corrected chi connectivity index (χ4v) is 2.63. The minimum atomic E-state index is -0.508. The number of nitrogens with two attached hydrogens (primary N) is 1. The predicted octanol–water partition coefficient (Wildman–Crippen LogP) is 1.11. The van der Waals surface area contributed by atoms with Crippen LogP contribution in [0.3, 0.4) is 0 Å². The van der Waals surface area contributed by atoms with E-state index in [0.29, 0.717) is 23.5 Å². The first-order valence-electron chi connectivity index (χ1n) is 8.52. The van der Waals surface area contributed by atoms with Crippen LogP contribution >= 0.6 is 0 Å². The normalized spacial score (nSPS) is 10.5. The van der Waals surface area contributed by atoms with Crippen LogP contribution in [0.5, 0.6) is 5.75 Å². The van der Waals surface area contributed by atoms with Crippen LogP contribution in [0.4, 0.5) is 0 Å². The Morgan fingerprint density at radius 2 is 1.86 bits per heavy atom. The zero-order chi connectivity index (χ0) is 20.1. The van der Waals surface area contributed by atoms with Crippen LogP contribution < -0.4 is 10.5 Å². The average molecular weight is 380 g/mol. The minimum Gasteiger partial charge on any atom is -0.496 e. The second kappa shape index (κ2) is 8.30. The van der Waals surface area contributed by atoms with E-state index >= 15 is 0 Å². The van der Waals surface area contributed by atoms with Crippen molar-refractivity contribution >= 4 is 11.8 Å². The van der Waals surface area contributed by atoms with E-state index < -0.39 is 5.91 Å². The summed E-state index contributed by atoms with van der Waals surface area (Å²) in [5.74, 6) is 0.407. The van der Waals surface area contributed by atoms with Crippen molar-refractivity contribution in [3.8, 4) is 17.1 Å². The summed E-state index contributed by atoms with van der Waals surface area (Å²) in [7, 11) is 3.30. The number of carbonyl (C=O) groups excluding carboxylic acids is 2. The molecule has 1 aromatic heterocycles. The lowest BCUT2D eigenvalue weighted by molar-refractivity contribution is -0.131. The number of amides is 2. The molecule has 2 aromatic carbocycles. The second-order valence-corrected chi connectivity index (χ2v) is 6.15. The summed E-state index contributed by atoms with van der Waals surface area (Å²) in [4.78, 5) is 26.4. The molecule has 2 amide bonds. The number of carbonyl (C=O) groups is 2. The van der Waals surface area contributed by atoms with Crippen LogP contribution in [-0.4, -0.2) is 51.1 Å². The lowest BCUT2D eigenvalue weighted by Crippen LogP contribution is -2.30. The van der Waals surface area contributed by atoms with Gasteiger partial charge in [-0.15, -0.1) is 10.2 Å². The molecule has 2 N–H and O–H groups in total. The smallest absolute Gasteiger partial charge is 0.248 e. The van der Waals surface area contributed by atoms with Gasteiger partial charge in [0.2, 0.25) is 17.6 Å². The molecule has 3 rings (SSSR count). The van der Waals surface area contributed by atoms with Crippen molar-refractivity contribution in [3.63, 3.8) is 0 Å². The molecule has 0 radical (unpaired) electrons. The van der Waals surface area contributed by atoms with Gasteiger partial charge in [0, 0.05) is 30.3 Å². The molecule has 0 aliphatic carbocycles. The monoisotopic (exact) mass is 380 g/mol. The van der Waals surface area contributed by atoms with Crippen LogP contribution in [0, 0.1) is 0 Å². The molecule has 1 heterocycles. The van der Waals surface area contributed by atoms with Crippen molar-refractivity contribution in [2.45, 2.75) is 13.1 Å². The first kappa shape index (κ1) is 19.0. The number of para-hydroxylation sites is 1. The van der Waals surface area contributed by atoms with Gasteiger partial charge in [-0.2, -0.15) is 4.80 Å². The van der Waals surface area contributed by atoms with Crippen LogP contribution in [0.25, 0.3) is 11.4 Å². The number of methoxy groups -OCH3 is 1. The number of nitrogens with zero attached hydrogens (tertiary/aromatic N) is 5. The van der Waals surface area contributed by atoms with Gasteiger partial charge in [-0.05, 0) is 23.4 Å². The molecule has 0 saturated heterocycles. The van der Waals surface area contributed by atoms with Crippen LogP contribution in [0.2, 0.25) is 0 Å². The summed E-state index contributed by atoms with van der Waals surface area (Å²) in [5.41, 5.74) is 7.20. The number of primary amides is 1. The number of hydrogen-bond acceptors (Lipinski definition) is 6. The van der Waals surface area contributed by atoms with Gasteiger partial charge >= 0.3 is 0 Å². The summed E-state index contributed by atoms with van der Waals surface area (Å²) in [6.45, 7) is 0.358. The van der Waals surface area contributed by atoms with E-state index in [1.165, 1.54) is 4.80 Å². The highest BCUT2D eigenvalue weighted by Gasteiger charge is 2.15. The molecule has 0 spiro atoms. The number of aromatic nitrogens is 4. The molecule has 0 fully saturated rings. The van der Waals surface area contributed by atoms with Crippen molar-refractivity contribution in [3.05, 3.63) is 59.7 Å². The third-order valence-corrected chi connectivity index (χ3v) is 4.18. The Morgan fingerprint density at radius 1 is 1.14 bits per heavy atom. The van der Waals surface area contributed by atoms with Crippen LogP contribution in [-0.2, 0) is 17.9 Å². The zero-order valence-corrected chi connectivity index (χ0v) is 15.6. The molecule has 0 saturated carbocycles. The van der Waals surface area contributed by atoms with Crippen molar-refractivity contribution in [1.29, 1.82) is 0 Å². The third kappa shape index (κ3) is 4.32. The maximum atomic E-state index is 12.5. The standard InChI is InChI=1S/C19H20N6O3/c1-24(11-15-5-3-4-6-16(15)28-2)17(26)12-25-22-19(21-23-25)14-9-7-13(8-10-14)18(20)27/h3-10H,11-12H2,1-2H3,(H2,20,27). The molecule has 3 aromatic rings. The fourth-order valence-electron chi connectivity index (χ4n) is 2.63. The first-order valence-corrected chi connectivity index (χ1v) is 8.52. The second-order valence-electron chi connectivity index (χ2n) is 6.15. The summed E-state index contributed by atoms with van der Waals surface area (Å²) in [6.07, 6.45) is 0. The molecular weight excluding hydrogens is 360 g/mol. The largest absolute Gasteiger partial charge is 0.496 e. The van der Waals surface area contributed by atoms with Gasteiger partial charge in [0.15, 0.2) is 0 Å². The Bertz CT molecular complexity index is 983. The fraction of sp³-hybridized carbons (Fsp3) is 0.211. The molecular formula is C19H20N6O3. The number of rotatable bonds is 7. The maximum Gasteiger partial charge on any atom is 0.248 e. The van der Waals surface area contributed by atoms with Gasteiger partial charge in [0.25, 0.3) is 0 Å². The highest BCUT2D eigenvalue weighted by atomic mass is 16.5. The molecule has 144 valence electrons. The predicted molar refractivity (Wildman–Crippen MR) is 101 cm³/mol. The van der Waals surface area contributed by atoms with Gasteiger partial charge in [0.05, 0.1) is 7.11 Å². The van der Waals surface area contributed by atoms with Crippen molar-refractivity contribution in [2.24, 2.45) is 5.73 Å². The number of tetrazole rings is 1. The number of ether oxygens (including phenoxy) is 1. The van der Waals surface area contributed by atoms with Crippen molar-refractivity contribution in [1.82, 2.24) is 25.1 Å². The molecule has 0 atom stereocenters. The Kier molecular flexibility index (Phi) is 5.64. The van der Waals surface area contributed by atoms with Gasteiger partial charge in [0.1, 0.15) is 12.3 Å². The summed E-state index contributed by atoms with van der Waals surface area (Å²) < 4.78 is 5.31. The van der Waals surface area contributed by atoms with Gasteiger partial charge < -0.3 is 15.4 Å². The summed E-state index contributed by atoms with van der Waals surface area (Å²) >= 11 is 0. The first-order chi connectivity index (χ1) is 13.5. The third-order valence-electron chi connectivity index (χ3n) is 4.18. The van der Waals surface area contributed by atoms with Crippen LogP contribution in [0.1, 0.15) is 15.9 Å². The van der Waals surface area contributed by atoms with Gasteiger partial charge in [-0.25, -0.2) is 0 Å². The summed E-state index contributed by atoms with van der Waals surface area (Å²) in [6, 6.07) is 14.1. The van der Waals surface area contributed by atoms with E-state index in [2.05, 4.69) is 15.4 Å².